The van der Waals surface area contributed by atoms with Gasteiger partial charge < -0.3 is 20.1 Å². The molecular formula is C21H20N4O7. The topological polar surface area (TPSA) is 159 Å². The van der Waals surface area contributed by atoms with Crippen molar-refractivity contribution in [2.75, 3.05) is 25.6 Å². The Morgan fingerprint density at radius 2 is 1.72 bits per heavy atom. The van der Waals surface area contributed by atoms with Gasteiger partial charge in [-0.25, -0.2) is 0 Å². The third-order valence-corrected chi connectivity index (χ3v) is 4.47. The second-order valence-corrected chi connectivity index (χ2v) is 6.67. The van der Waals surface area contributed by atoms with Gasteiger partial charge >= 0.3 is 0 Å². The molecule has 0 saturated carbocycles. The Labute approximate surface area is 180 Å². The van der Waals surface area contributed by atoms with Gasteiger partial charge in [0.2, 0.25) is 5.91 Å². The van der Waals surface area contributed by atoms with Crippen molar-refractivity contribution in [3.8, 4) is 11.5 Å². The van der Waals surface area contributed by atoms with Crippen molar-refractivity contribution < 1.29 is 23.9 Å². The first-order valence-corrected chi connectivity index (χ1v) is 9.42. The number of aromatic nitrogens is 2. The molecule has 0 bridgehead atoms. The molecule has 1 heterocycles. The first kappa shape index (κ1) is 22.3. The fourth-order valence-electron chi connectivity index (χ4n) is 2.91. The number of hydrogen-bond acceptors (Lipinski definition) is 7. The number of benzene rings is 2. The van der Waals surface area contributed by atoms with Gasteiger partial charge in [0.05, 0.1) is 30.1 Å². The van der Waals surface area contributed by atoms with E-state index >= 15 is 0 Å². The summed E-state index contributed by atoms with van der Waals surface area (Å²) in [7, 11) is 1.41. The lowest BCUT2D eigenvalue weighted by molar-refractivity contribution is -0.125. The minimum absolute atomic E-state index is 0.0281. The van der Waals surface area contributed by atoms with Crippen LogP contribution < -0.4 is 31.2 Å². The Bertz CT molecular complexity index is 1310. The molecule has 32 heavy (non-hydrogen) atoms. The third-order valence-electron chi connectivity index (χ3n) is 4.47. The second kappa shape index (κ2) is 9.60. The molecule has 0 aliphatic rings. The highest BCUT2D eigenvalue weighted by atomic mass is 16.5. The van der Waals surface area contributed by atoms with Crippen molar-refractivity contribution in [2.24, 2.45) is 0 Å². The van der Waals surface area contributed by atoms with Crippen molar-refractivity contribution in [3.63, 3.8) is 0 Å². The highest BCUT2D eigenvalue weighted by Gasteiger charge is 2.13. The standard InChI is InChI=1S/C21H20N4O7/c1-11(26)12-6-7-15(16(8-12)31-2)32-10-18(28)22-9-17(27)23-14-5-3-4-13-19(14)21(30)25-24-20(13)29/h3-8H,9-10H2,1-2H3,(H,22,28)(H,23,27)(H,24,29)(H,25,30). The fourth-order valence-corrected chi connectivity index (χ4v) is 2.91. The molecule has 0 spiro atoms. The predicted octanol–water partition coefficient (Wildman–Crippen LogP) is 0.561. The molecule has 0 aliphatic heterocycles. The summed E-state index contributed by atoms with van der Waals surface area (Å²) in [6, 6.07) is 8.99. The third kappa shape index (κ3) is 5.01. The number of hydrogen-bond donors (Lipinski definition) is 4. The molecule has 11 heteroatoms. The number of nitrogens with one attached hydrogen (secondary N) is 4. The van der Waals surface area contributed by atoms with E-state index in [-0.39, 0.29) is 34.5 Å². The minimum atomic E-state index is -0.603. The SMILES string of the molecule is COc1cc(C(C)=O)ccc1OCC(=O)NCC(=O)Nc1cccc2c(=O)[nH][nH]c(=O)c12. The van der Waals surface area contributed by atoms with E-state index in [4.69, 9.17) is 9.47 Å². The molecule has 0 radical (unpaired) electrons. The van der Waals surface area contributed by atoms with Crippen LogP contribution in [-0.4, -0.2) is 48.1 Å². The molecule has 3 aromatic rings. The van der Waals surface area contributed by atoms with Gasteiger partial charge in [0.25, 0.3) is 17.0 Å². The van der Waals surface area contributed by atoms with Crippen LogP contribution >= 0.6 is 0 Å². The molecule has 0 fully saturated rings. The van der Waals surface area contributed by atoms with Gasteiger partial charge in [-0.1, -0.05) is 6.07 Å². The van der Waals surface area contributed by atoms with E-state index in [0.29, 0.717) is 11.3 Å². The Morgan fingerprint density at radius 1 is 0.969 bits per heavy atom. The summed E-state index contributed by atoms with van der Waals surface area (Å²) in [5, 5.41) is 9.44. The van der Waals surface area contributed by atoms with Crippen LogP contribution in [0.4, 0.5) is 5.69 Å². The average molecular weight is 440 g/mol. The summed E-state index contributed by atoms with van der Waals surface area (Å²) in [5.41, 5.74) is -0.504. The fraction of sp³-hybridized carbons (Fsp3) is 0.190. The number of amides is 2. The Balaban J connectivity index is 1.58. The molecule has 0 atom stereocenters. The van der Waals surface area contributed by atoms with Gasteiger partial charge in [0.15, 0.2) is 23.9 Å². The lowest BCUT2D eigenvalue weighted by Gasteiger charge is -2.12. The van der Waals surface area contributed by atoms with E-state index in [0.717, 1.165) is 0 Å². The molecule has 2 amide bonds. The molecule has 0 aliphatic carbocycles. The number of fused-ring (bicyclic) bond motifs is 1. The number of methoxy groups -OCH3 is 1. The maximum absolute atomic E-state index is 12.2. The van der Waals surface area contributed by atoms with E-state index < -0.39 is 29.5 Å². The summed E-state index contributed by atoms with van der Waals surface area (Å²) >= 11 is 0. The summed E-state index contributed by atoms with van der Waals surface area (Å²) in [5.74, 6) is -0.771. The van der Waals surface area contributed by atoms with Crippen molar-refractivity contribution in [1.82, 2.24) is 15.5 Å². The van der Waals surface area contributed by atoms with Crippen LogP contribution in [0.3, 0.4) is 0 Å². The van der Waals surface area contributed by atoms with E-state index in [1.807, 2.05) is 0 Å². The zero-order valence-electron chi connectivity index (χ0n) is 17.2. The highest BCUT2D eigenvalue weighted by Crippen LogP contribution is 2.28. The van der Waals surface area contributed by atoms with Crippen LogP contribution in [0.2, 0.25) is 0 Å². The lowest BCUT2D eigenvalue weighted by atomic mass is 10.1. The number of carbonyl (C=O) groups excluding carboxylic acids is 3. The van der Waals surface area contributed by atoms with Crippen molar-refractivity contribution in [1.29, 1.82) is 0 Å². The van der Waals surface area contributed by atoms with E-state index in [1.165, 1.54) is 44.4 Å². The van der Waals surface area contributed by atoms with Crippen molar-refractivity contribution in [2.45, 2.75) is 6.92 Å². The molecule has 11 nitrogen and oxygen atoms in total. The number of carbonyl (C=O) groups is 3. The number of ether oxygens (including phenoxy) is 2. The normalized spacial score (nSPS) is 10.4. The lowest BCUT2D eigenvalue weighted by Crippen LogP contribution is -2.36. The molecule has 2 aromatic carbocycles. The summed E-state index contributed by atoms with van der Waals surface area (Å²) in [6.45, 7) is 0.632. The number of anilines is 1. The molecule has 4 N–H and O–H groups in total. The maximum atomic E-state index is 12.2. The van der Waals surface area contributed by atoms with Crippen LogP contribution in [0.5, 0.6) is 11.5 Å². The molecule has 0 unspecified atom stereocenters. The summed E-state index contributed by atoms with van der Waals surface area (Å²) < 4.78 is 10.6. The number of Topliss-reactive ketones (excluding diaryl/α,β-unsaturated/α-hetero) is 1. The zero-order chi connectivity index (χ0) is 23.3. The quantitative estimate of drug-likeness (QED) is 0.372. The highest BCUT2D eigenvalue weighted by molar-refractivity contribution is 6.02. The molecular weight excluding hydrogens is 420 g/mol. The van der Waals surface area contributed by atoms with Gasteiger partial charge in [-0.3, -0.25) is 34.2 Å². The smallest absolute Gasteiger partial charge is 0.272 e. The largest absolute Gasteiger partial charge is 0.493 e. The van der Waals surface area contributed by atoms with Crippen LogP contribution in [0, 0.1) is 0 Å². The molecule has 1 aromatic heterocycles. The zero-order valence-corrected chi connectivity index (χ0v) is 17.2. The van der Waals surface area contributed by atoms with Crippen molar-refractivity contribution in [3.05, 3.63) is 62.7 Å². The van der Waals surface area contributed by atoms with E-state index in [1.54, 1.807) is 6.07 Å². The molecule has 166 valence electrons. The Hall–Kier alpha value is -4.41. The number of aromatic amines is 2. The predicted molar refractivity (Wildman–Crippen MR) is 115 cm³/mol. The summed E-state index contributed by atoms with van der Waals surface area (Å²) in [4.78, 5) is 59.6. The van der Waals surface area contributed by atoms with E-state index in [2.05, 4.69) is 20.8 Å². The number of rotatable bonds is 8. The summed E-state index contributed by atoms with van der Waals surface area (Å²) in [6.07, 6.45) is 0. The van der Waals surface area contributed by atoms with Crippen LogP contribution in [0.1, 0.15) is 17.3 Å². The number of ketones is 1. The van der Waals surface area contributed by atoms with Crippen molar-refractivity contribution >= 4 is 34.1 Å². The van der Waals surface area contributed by atoms with Gasteiger partial charge in [-0.15, -0.1) is 0 Å². The van der Waals surface area contributed by atoms with Gasteiger partial charge in [-0.05, 0) is 37.3 Å². The molecule has 3 rings (SSSR count). The van der Waals surface area contributed by atoms with Gasteiger partial charge in [0.1, 0.15) is 0 Å². The monoisotopic (exact) mass is 440 g/mol. The Kier molecular flexibility index (Phi) is 6.68. The first-order valence-electron chi connectivity index (χ1n) is 9.42. The van der Waals surface area contributed by atoms with Crippen LogP contribution in [0.15, 0.2) is 46.0 Å². The van der Waals surface area contributed by atoms with E-state index in [9.17, 15) is 24.0 Å². The van der Waals surface area contributed by atoms with Crippen LogP contribution in [-0.2, 0) is 9.59 Å². The maximum Gasteiger partial charge on any atom is 0.272 e. The van der Waals surface area contributed by atoms with Gasteiger partial charge in [-0.2, -0.15) is 0 Å². The minimum Gasteiger partial charge on any atom is -0.493 e. The first-order chi connectivity index (χ1) is 15.3. The number of H-pyrrole nitrogens is 2. The van der Waals surface area contributed by atoms with Gasteiger partial charge in [0, 0.05) is 5.56 Å². The second-order valence-electron chi connectivity index (χ2n) is 6.67. The Morgan fingerprint density at radius 3 is 2.44 bits per heavy atom. The average Bonchev–Trinajstić information content (AvgIpc) is 2.78. The molecule has 0 saturated heterocycles. The van der Waals surface area contributed by atoms with Crippen LogP contribution in [0.25, 0.3) is 10.8 Å².